The molecule has 6 nitrogen and oxygen atoms in total. The Labute approximate surface area is 141 Å². The molecule has 1 amide bonds. The smallest absolute Gasteiger partial charge is 0.270 e. The Hall–Kier alpha value is -2.47. The molecule has 0 radical (unpaired) electrons. The fraction of sp³-hybridized carbons (Fsp3) is 0.389. The van der Waals surface area contributed by atoms with Crippen molar-refractivity contribution in [2.75, 3.05) is 31.2 Å². The average Bonchev–Trinajstić information content (AvgIpc) is 2.67. The Balaban J connectivity index is 1.72. The number of hydrogen-bond donors (Lipinski definition) is 1. The van der Waals surface area contributed by atoms with E-state index < -0.39 is 0 Å². The molecule has 2 aromatic rings. The molecule has 3 rings (SSSR count). The zero-order valence-corrected chi connectivity index (χ0v) is 13.8. The van der Waals surface area contributed by atoms with Gasteiger partial charge >= 0.3 is 0 Å². The van der Waals surface area contributed by atoms with Gasteiger partial charge in [-0.3, -0.25) is 4.79 Å². The number of ether oxygens (including phenoxy) is 1. The molecule has 1 fully saturated rings. The number of nitrogens with one attached hydrogen (secondary N) is 1. The molecule has 0 bridgehead atoms. The fourth-order valence-corrected chi connectivity index (χ4v) is 2.78. The molecule has 1 unspecified atom stereocenters. The molecule has 0 saturated carbocycles. The highest BCUT2D eigenvalue weighted by Gasteiger charge is 2.18. The van der Waals surface area contributed by atoms with Gasteiger partial charge < -0.3 is 15.0 Å². The van der Waals surface area contributed by atoms with Gasteiger partial charge in [0, 0.05) is 19.2 Å². The van der Waals surface area contributed by atoms with Crippen molar-refractivity contribution in [3.63, 3.8) is 0 Å². The minimum Gasteiger partial charge on any atom is -0.378 e. The first-order chi connectivity index (χ1) is 11.8. The lowest BCUT2D eigenvalue weighted by atomic mass is 10.0. The van der Waals surface area contributed by atoms with Crippen LogP contribution in [-0.2, 0) is 4.74 Å². The van der Waals surface area contributed by atoms with Crippen molar-refractivity contribution in [1.82, 2.24) is 15.3 Å². The number of aromatic nitrogens is 2. The molecule has 1 saturated heterocycles. The predicted molar refractivity (Wildman–Crippen MR) is 92.0 cm³/mol. The van der Waals surface area contributed by atoms with E-state index >= 15 is 0 Å². The van der Waals surface area contributed by atoms with E-state index in [2.05, 4.69) is 27.1 Å². The highest BCUT2D eigenvalue weighted by Crippen LogP contribution is 2.17. The van der Waals surface area contributed by atoms with Gasteiger partial charge in [-0.1, -0.05) is 37.3 Å². The van der Waals surface area contributed by atoms with Crippen molar-refractivity contribution < 1.29 is 9.53 Å². The van der Waals surface area contributed by atoms with Crippen LogP contribution in [0.2, 0.25) is 0 Å². The van der Waals surface area contributed by atoms with Gasteiger partial charge in [0.05, 0.1) is 19.3 Å². The van der Waals surface area contributed by atoms with Gasteiger partial charge in [0.25, 0.3) is 5.91 Å². The third-order valence-corrected chi connectivity index (χ3v) is 4.14. The van der Waals surface area contributed by atoms with E-state index in [0.29, 0.717) is 18.9 Å². The van der Waals surface area contributed by atoms with Crippen LogP contribution < -0.4 is 10.2 Å². The molecule has 1 N–H and O–H groups in total. The Morgan fingerprint density at radius 3 is 2.71 bits per heavy atom. The zero-order chi connectivity index (χ0) is 16.8. The maximum atomic E-state index is 12.6. The Bertz CT molecular complexity index is 672. The summed E-state index contributed by atoms with van der Waals surface area (Å²) in [7, 11) is 0. The first-order valence-electron chi connectivity index (χ1n) is 8.28. The molecule has 1 aromatic carbocycles. The number of benzene rings is 1. The number of anilines is 1. The van der Waals surface area contributed by atoms with Crippen LogP contribution in [0.5, 0.6) is 0 Å². The molecular weight excluding hydrogens is 304 g/mol. The number of carbonyl (C=O) groups is 1. The number of hydrogen-bond acceptors (Lipinski definition) is 5. The normalized spacial score (nSPS) is 15.8. The summed E-state index contributed by atoms with van der Waals surface area (Å²) < 4.78 is 5.35. The maximum absolute atomic E-state index is 12.6. The van der Waals surface area contributed by atoms with Gasteiger partial charge in [0.2, 0.25) is 0 Å². The topological polar surface area (TPSA) is 67.4 Å². The Morgan fingerprint density at radius 2 is 2.00 bits per heavy atom. The third kappa shape index (κ3) is 3.89. The molecule has 2 heterocycles. The van der Waals surface area contributed by atoms with Crippen molar-refractivity contribution in [2.24, 2.45) is 0 Å². The zero-order valence-electron chi connectivity index (χ0n) is 13.8. The second-order valence-electron chi connectivity index (χ2n) is 5.71. The van der Waals surface area contributed by atoms with Crippen LogP contribution in [0.3, 0.4) is 0 Å². The molecule has 6 heteroatoms. The monoisotopic (exact) mass is 326 g/mol. The Morgan fingerprint density at radius 1 is 1.25 bits per heavy atom. The fourth-order valence-electron chi connectivity index (χ4n) is 2.78. The lowest BCUT2D eigenvalue weighted by molar-refractivity contribution is 0.0930. The summed E-state index contributed by atoms with van der Waals surface area (Å²) in [4.78, 5) is 23.1. The summed E-state index contributed by atoms with van der Waals surface area (Å²) in [6.45, 7) is 4.96. The summed E-state index contributed by atoms with van der Waals surface area (Å²) in [5.74, 6) is 0.592. The maximum Gasteiger partial charge on any atom is 0.270 e. The van der Waals surface area contributed by atoms with E-state index in [0.717, 1.165) is 30.9 Å². The van der Waals surface area contributed by atoms with Crippen LogP contribution in [0.15, 0.2) is 42.7 Å². The minimum atomic E-state index is -0.178. The highest BCUT2D eigenvalue weighted by atomic mass is 16.5. The second-order valence-corrected chi connectivity index (χ2v) is 5.71. The van der Waals surface area contributed by atoms with Gasteiger partial charge in [-0.25, -0.2) is 9.97 Å². The first kappa shape index (κ1) is 16.4. The molecular formula is C18H22N4O2. The van der Waals surface area contributed by atoms with E-state index in [-0.39, 0.29) is 11.9 Å². The average molecular weight is 326 g/mol. The molecule has 1 aromatic heterocycles. The molecule has 0 aliphatic carbocycles. The second kappa shape index (κ2) is 7.88. The summed E-state index contributed by atoms with van der Waals surface area (Å²) in [6, 6.07) is 11.7. The Kier molecular flexibility index (Phi) is 5.38. The number of rotatable bonds is 5. The van der Waals surface area contributed by atoms with Gasteiger partial charge in [0.1, 0.15) is 17.8 Å². The molecule has 1 aliphatic rings. The molecule has 1 aliphatic heterocycles. The molecule has 0 spiro atoms. The van der Waals surface area contributed by atoms with E-state index in [4.69, 9.17) is 4.74 Å². The molecule has 126 valence electrons. The largest absolute Gasteiger partial charge is 0.378 e. The standard InChI is InChI=1S/C18H22N4O2/c1-2-15(14-6-4-3-5-7-14)21-18(23)16-12-17(20-13-19-16)22-8-10-24-11-9-22/h3-7,12-13,15H,2,8-11H2,1H3,(H,21,23). The lowest BCUT2D eigenvalue weighted by Crippen LogP contribution is -2.37. The van der Waals surface area contributed by atoms with Crippen LogP contribution in [0.25, 0.3) is 0 Å². The van der Waals surface area contributed by atoms with E-state index in [1.165, 1.54) is 6.33 Å². The minimum absolute atomic E-state index is 0.0273. The van der Waals surface area contributed by atoms with E-state index in [9.17, 15) is 4.79 Å². The van der Waals surface area contributed by atoms with Gasteiger partial charge in [-0.05, 0) is 12.0 Å². The summed E-state index contributed by atoms with van der Waals surface area (Å²) in [5, 5.41) is 3.06. The van der Waals surface area contributed by atoms with Crippen molar-refractivity contribution in [3.8, 4) is 0 Å². The highest BCUT2D eigenvalue weighted by molar-refractivity contribution is 5.93. The van der Waals surface area contributed by atoms with Crippen LogP contribution in [0.4, 0.5) is 5.82 Å². The van der Waals surface area contributed by atoms with E-state index in [1.54, 1.807) is 6.07 Å². The number of amides is 1. The van der Waals surface area contributed by atoms with Crippen molar-refractivity contribution in [2.45, 2.75) is 19.4 Å². The van der Waals surface area contributed by atoms with Crippen LogP contribution in [-0.4, -0.2) is 42.2 Å². The lowest BCUT2D eigenvalue weighted by Gasteiger charge is -2.27. The van der Waals surface area contributed by atoms with Crippen molar-refractivity contribution >= 4 is 11.7 Å². The van der Waals surface area contributed by atoms with E-state index in [1.807, 2.05) is 30.3 Å². The van der Waals surface area contributed by atoms with Crippen LogP contribution in [0.1, 0.15) is 35.4 Å². The summed E-state index contributed by atoms with van der Waals surface area (Å²) in [6.07, 6.45) is 2.26. The van der Waals surface area contributed by atoms with Crippen LogP contribution >= 0.6 is 0 Å². The van der Waals surface area contributed by atoms with Gasteiger partial charge in [-0.2, -0.15) is 0 Å². The number of morpholine rings is 1. The molecule has 24 heavy (non-hydrogen) atoms. The first-order valence-corrected chi connectivity index (χ1v) is 8.28. The predicted octanol–water partition coefficient (Wildman–Crippen LogP) is 2.19. The van der Waals surface area contributed by atoms with Crippen molar-refractivity contribution in [1.29, 1.82) is 0 Å². The van der Waals surface area contributed by atoms with Gasteiger partial charge in [0.15, 0.2) is 0 Å². The summed E-state index contributed by atoms with van der Waals surface area (Å²) in [5.41, 5.74) is 1.48. The quantitative estimate of drug-likeness (QED) is 0.912. The number of nitrogens with zero attached hydrogens (tertiary/aromatic N) is 3. The SMILES string of the molecule is CCC(NC(=O)c1cc(N2CCOCC2)ncn1)c1ccccc1. The third-order valence-electron chi connectivity index (χ3n) is 4.14. The molecule has 1 atom stereocenters. The van der Waals surface area contributed by atoms with Crippen LogP contribution in [0, 0.1) is 0 Å². The number of carbonyl (C=O) groups excluding carboxylic acids is 1. The summed E-state index contributed by atoms with van der Waals surface area (Å²) >= 11 is 0. The van der Waals surface area contributed by atoms with Gasteiger partial charge in [-0.15, -0.1) is 0 Å². The van der Waals surface area contributed by atoms with Crippen molar-refractivity contribution in [3.05, 3.63) is 54.0 Å².